The highest BCUT2D eigenvalue weighted by atomic mass is 35.5. The number of hydrogen-bond acceptors (Lipinski definition) is 9. The molecule has 0 amide bonds. The topological polar surface area (TPSA) is 113 Å². The first kappa shape index (κ1) is 24.7. The zero-order valence-corrected chi connectivity index (χ0v) is 21.8. The molecule has 5 rings (SSSR count). The molecule has 11 heteroatoms. The molecule has 1 fully saturated rings. The van der Waals surface area contributed by atoms with Crippen LogP contribution in [0.1, 0.15) is 38.2 Å². The molecule has 5 heterocycles. The van der Waals surface area contributed by atoms with Crippen LogP contribution >= 0.6 is 11.6 Å². The van der Waals surface area contributed by atoms with Gasteiger partial charge in [-0.25, -0.2) is 23.4 Å². The van der Waals surface area contributed by atoms with Gasteiger partial charge >= 0.3 is 0 Å². The number of sulfone groups is 1. The second-order valence-electron chi connectivity index (χ2n) is 9.61. The number of nitrogens with zero attached hydrogens (tertiary/aromatic N) is 3. The Kier molecular flexibility index (Phi) is 6.52. The lowest BCUT2D eigenvalue weighted by Gasteiger charge is -2.31. The summed E-state index contributed by atoms with van der Waals surface area (Å²) in [4.78, 5) is 13.2. The SMILES string of the molecule is CC1(C)COc2nc(-c3cnc(Cl)cc3Nc3cc(C4CCOCC4)cc(S(C)(=O)=O)n3)ccc2O1. The lowest BCUT2D eigenvalue weighted by atomic mass is 9.92. The van der Waals surface area contributed by atoms with Gasteiger partial charge in [0.2, 0.25) is 0 Å². The van der Waals surface area contributed by atoms with Crippen molar-refractivity contribution in [3.63, 3.8) is 0 Å². The molecule has 1 saturated heterocycles. The number of pyridine rings is 3. The van der Waals surface area contributed by atoms with Gasteiger partial charge in [0.25, 0.3) is 5.88 Å². The van der Waals surface area contributed by atoms with Crippen molar-refractivity contribution < 1.29 is 22.6 Å². The van der Waals surface area contributed by atoms with Crippen LogP contribution in [0.4, 0.5) is 11.5 Å². The quantitative estimate of drug-likeness (QED) is 0.465. The number of anilines is 2. The predicted molar refractivity (Wildman–Crippen MR) is 136 cm³/mol. The summed E-state index contributed by atoms with van der Waals surface area (Å²) in [6.45, 7) is 5.54. The smallest absolute Gasteiger partial charge is 0.257 e. The largest absolute Gasteiger partial charge is 0.479 e. The highest BCUT2D eigenvalue weighted by Crippen LogP contribution is 2.38. The lowest BCUT2D eigenvalue weighted by molar-refractivity contribution is 0.0179. The third kappa shape index (κ3) is 5.40. The van der Waals surface area contributed by atoms with E-state index in [-0.39, 0.29) is 16.1 Å². The van der Waals surface area contributed by atoms with Gasteiger partial charge in [0.15, 0.2) is 20.6 Å². The molecule has 0 aromatic carbocycles. The molecule has 2 aliphatic heterocycles. The van der Waals surface area contributed by atoms with E-state index < -0.39 is 15.4 Å². The summed E-state index contributed by atoms with van der Waals surface area (Å²) in [5.41, 5.74) is 2.28. The van der Waals surface area contributed by atoms with Gasteiger partial charge in [-0.2, -0.15) is 0 Å². The first-order chi connectivity index (χ1) is 17.1. The van der Waals surface area contributed by atoms with Crippen molar-refractivity contribution in [2.24, 2.45) is 0 Å². The zero-order chi connectivity index (χ0) is 25.5. The highest BCUT2D eigenvalue weighted by molar-refractivity contribution is 7.90. The number of halogens is 1. The van der Waals surface area contributed by atoms with E-state index in [4.69, 9.17) is 25.8 Å². The van der Waals surface area contributed by atoms with Crippen LogP contribution < -0.4 is 14.8 Å². The van der Waals surface area contributed by atoms with E-state index in [1.54, 1.807) is 18.3 Å². The fraction of sp³-hybridized carbons (Fsp3) is 0.400. The van der Waals surface area contributed by atoms with Crippen molar-refractivity contribution in [2.45, 2.75) is 43.2 Å². The minimum atomic E-state index is -3.53. The number of nitrogens with one attached hydrogen (secondary N) is 1. The summed E-state index contributed by atoms with van der Waals surface area (Å²) in [5.74, 6) is 1.54. The first-order valence-corrected chi connectivity index (χ1v) is 13.9. The second-order valence-corrected chi connectivity index (χ2v) is 12.0. The molecule has 190 valence electrons. The third-order valence-electron chi connectivity index (χ3n) is 6.07. The molecule has 9 nitrogen and oxygen atoms in total. The molecule has 1 N–H and O–H groups in total. The van der Waals surface area contributed by atoms with Gasteiger partial charge in [0, 0.05) is 31.2 Å². The van der Waals surface area contributed by atoms with E-state index in [1.807, 2.05) is 32.0 Å². The Bertz CT molecular complexity index is 1410. The Morgan fingerprint density at radius 1 is 1.11 bits per heavy atom. The average Bonchev–Trinajstić information content (AvgIpc) is 2.83. The number of aromatic nitrogens is 3. The maximum Gasteiger partial charge on any atom is 0.257 e. The van der Waals surface area contributed by atoms with Gasteiger partial charge in [-0.1, -0.05) is 11.6 Å². The first-order valence-electron chi connectivity index (χ1n) is 11.6. The summed E-state index contributed by atoms with van der Waals surface area (Å²) in [7, 11) is -3.53. The number of fused-ring (bicyclic) bond motifs is 1. The monoisotopic (exact) mass is 530 g/mol. The third-order valence-corrected chi connectivity index (χ3v) is 7.25. The Morgan fingerprint density at radius 2 is 1.89 bits per heavy atom. The highest BCUT2D eigenvalue weighted by Gasteiger charge is 2.29. The molecule has 0 aliphatic carbocycles. The summed E-state index contributed by atoms with van der Waals surface area (Å²) in [6.07, 6.45) is 4.39. The van der Waals surface area contributed by atoms with Crippen molar-refractivity contribution >= 4 is 32.9 Å². The van der Waals surface area contributed by atoms with Gasteiger partial charge in [0.05, 0.1) is 11.4 Å². The molecule has 3 aromatic rings. The van der Waals surface area contributed by atoms with Gasteiger partial charge in [-0.3, -0.25) is 0 Å². The minimum absolute atomic E-state index is 0.00997. The van der Waals surface area contributed by atoms with E-state index in [0.29, 0.717) is 54.2 Å². The van der Waals surface area contributed by atoms with Crippen molar-refractivity contribution in [1.82, 2.24) is 15.0 Å². The molecule has 0 bridgehead atoms. The van der Waals surface area contributed by atoms with Crippen LogP contribution in [0.2, 0.25) is 5.15 Å². The normalized spacial score (nSPS) is 17.6. The molecule has 0 unspecified atom stereocenters. The Hall–Kier alpha value is -2.95. The van der Waals surface area contributed by atoms with Crippen molar-refractivity contribution in [1.29, 1.82) is 0 Å². The summed E-state index contributed by atoms with van der Waals surface area (Å²) < 4.78 is 42.1. The standard InChI is InChI=1S/C25H27ClN4O5S/c1-25(2)14-34-24-20(35-25)5-4-18(29-24)17-13-27-21(26)12-19(17)28-22-10-16(15-6-8-33-9-7-15)11-23(30-22)36(3,31)32/h4-5,10-13,15H,6-9,14H2,1-3H3,(H,27,28,30). The van der Waals surface area contributed by atoms with Crippen LogP contribution in [-0.2, 0) is 14.6 Å². The Balaban J connectivity index is 1.53. The van der Waals surface area contributed by atoms with Crippen molar-refractivity contribution in [3.05, 3.63) is 47.2 Å². The molecule has 2 aliphatic rings. The molecule has 0 spiro atoms. The molecular formula is C25H27ClN4O5S. The number of hydrogen-bond donors (Lipinski definition) is 1. The molecule has 36 heavy (non-hydrogen) atoms. The van der Waals surface area contributed by atoms with Gasteiger partial charge in [-0.15, -0.1) is 0 Å². The molecule has 0 atom stereocenters. The van der Waals surface area contributed by atoms with E-state index in [0.717, 1.165) is 24.7 Å². The van der Waals surface area contributed by atoms with E-state index >= 15 is 0 Å². The maximum atomic E-state index is 12.4. The summed E-state index contributed by atoms with van der Waals surface area (Å²) in [6, 6.07) is 8.81. The van der Waals surface area contributed by atoms with Gasteiger partial charge in [0.1, 0.15) is 23.2 Å². The fourth-order valence-corrected chi connectivity index (χ4v) is 5.02. The van der Waals surface area contributed by atoms with Crippen LogP contribution in [0, 0.1) is 0 Å². The lowest BCUT2D eigenvalue weighted by Crippen LogP contribution is -2.39. The Morgan fingerprint density at radius 3 is 2.64 bits per heavy atom. The maximum absolute atomic E-state index is 12.4. The Labute approximate surface area is 215 Å². The van der Waals surface area contributed by atoms with E-state index in [1.165, 1.54) is 0 Å². The molecular weight excluding hydrogens is 504 g/mol. The van der Waals surface area contributed by atoms with Crippen LogP contribution in [0.15, 0.2) is 41.6 Å². The molecule has 0 radical (unpaired) electrons. The van der Waals surface area contributed by atoms with Crippen LogP contribution in [0.25, 0.3) is 11.3 Å². The average molecular weight is 531 g/mol. The van der Waals surface area contributed by atoms with E-state index in [9.17, 15) is 8.42 Å². The van der Waals surface area contributed by atoms with Gasteiger partial charge < -0.3 is 19.5 Å². The molecule has 0 saturated carbocycles. The van der Waals surface area contributed by atoms with Crippen LogP contribution in [0.5, 0.6) is 11.6 Å². The second kappa shape index (κ2) is 9.49. The van der Waals surface area contributed by atoms with E-state index in [2.05, 4.69) is 20.3 Å². The van der Waals surface area contributed by atoms with Crippen LogP contribution in [-0.4, -0.2) is 55.0 Å². The number of ether oxygens (including phenoxy) is 3. The number of rotatable bonds is 5. The van der Waals surface area contributed by atoms with Crippen molar-refractivity contribution in [2.75, 3.05) is 31.4 Å². The van der Waals surface area contributed by atoms with Gasteiger partial charge in [-0.05, 0) is 68.5 Å². The minimum Gasteiger partial charge on any atom is -0.479 e. The van der Waals surface area contributed by atoms with Crippen molar-refractivity contribution in [3.8, 4) is 22.9 Å². The molecule has 3 aromatic heterocycles. The summed E-state index contributed by atoms with van der Waals surface area (Å²) in [5, 5.41) is 3.53. The summed E-state index contributed by atoms with van der Waals surface area (Å²) >= 11 is 6.23. The van der Waals surface area contributed by atoms with Crippen LogP contribution in [0.3, 0.4) is 0 Å². The predicted octanol–water partition coefficient (Wildman–Crippen LogP) is 4.78. The fourth-order valence-electron chi connectivity index (χ4n) is 4.25. The zero-order valence-electron chi connectivity index (χ0n) is 20.2.